The van der Waals surface area contributed by atoms with Crippen LogP contribution in [0.15, 0.2) is 30.3 Å². The Bertz CT molecular complexity index is 214. The van der Waals surface area contributed by atoms with Gasteiger partial charge >= 0.3 is 7.69 Å². The second-order valence-corrected chi connectivity index (χ2v) is 3.41. The third-order valence-corrected chi connectivity index (χ3v) is 2.16. The molecule has 15 heavy (non-hydrogen) atoms. The summed E-state index contributed by atoms with van der Waals surface area (Å²) >= 11 is 0. The Morgan fingerprint density at radius 1 is 1.00 bits per heavy atom. The largest absolute Gasteiger partial charge is 0.482 e. The van der Waals surface area contributed by atoms with Gasteiger partial charge in [-0.15, -0.1) is 0 Å². The Morgan fingerprint density at radius 2 is 1.60 bits per heavy atom. The van der Waals surface area contributed by atoms with E-state index in [4.69, 9.17) is 10.0 Å². The standard InChI is InChI=1S/C12H18.BH2O2/c1-2-3-4-6-9-12-10-7-5-8-11-12;2-1-3/h5,7-8,10-11H,2-4,6,9H2,1H3;2-3H. The summed E-state index contributed by atoms with van der Waals surface area (Å²) in [5.41, 5.74) is 1.48. The molecule has 2 N–H and O–H groups in total. The smallest absolute Gasteiger partial charge is 0.429 e. The monoisotopic (exact) mass is 207 g/mol. The van der Waals surface area contributed by atoms with Gasteiger partial charge in [-0.05, 0) is 18.4 Å². The molecule has 0 aliphatic carbocycles. The van der Waals surface area contributed by atoms with Crippen molar-refractivity contribution in [2.75, 3.05) is 0 Å². The van der Waals surface area contributed by atoms with E-state index in [0.29, 0.717) is 0 Å². The molecule has 3 heteroatoms. The summed E-state index contributed by atoms with van der Waals surface area (Å²) in [5.74, 6) is 0. The molecule has 0 aliphatic heterocycles. The number of benzene rings is 1. The molecule has 0 spiro atoms. The lowest BCUT2D eigenvalue weighted by molar-refractivity contribution is 0.448. The highest BCUT2D eigenvalue weighted by atomic mass is 16.4. The highest BCUT2D eigenvalue weighted by Crippen LogP contribution is 2.06. The van der Waals surface area contributed by atoms with Gasteiger partial charge in [0, 0.05) is 0 Å². The van der Waals surface area contributed by atoms with Gasteiger partial charge in [-0.3, -0.25) is 0 Å². The number of hydrogen-bond donors (Lipinski definition) is 2. The average molecular weight is 207 g/mol. The third-order valence-electron chi connectivity index (χ3n) is 2.16. The Morgan fingerprint density at radius 3 is 2.13 bits per heavy atom. The van der Waals surface area contributed by atoms with E-state index in [0.717, 1.165) is 0 Å². The van der Waals surface area contributed by atoms with Crippen LogP contribution in [-0.2, 0) is 6.42 Å². The van der Waals surface area contributed by atoms with Crippen LogP contribution in [-0.4, -0.2) is 17.7 Å². The van der Waals surface area contributed by atoms with Gasteiger partial charge in [0.15, 0.2) is 0 Å². The molecule has 0 aliphatic rings. The SMILES string of the molecule is CCCCCCc1ccccc1.O[B]O. The molecular formula is C12H20BO2. The highest BCUT2D eigenvalue weighted by molar-refractivity contribution is 6.13. The van der Waals surface area contributed by atoms with E-state index >= 15 is 0 Å². The molecule has 0 atom stereocenters. The predicted octanol–water partition coefficient (Wildman–Crippen LogP) is 2.31. The molecule has 0 saturated carbocycles. The minimum atomic E-state index is 0. The van der Waals surface area contributed by atoms with Crippen molar-refractivity contribution in [2.45, 2.75) is 39.0 Å². The lowest BCUT2D eigenvalue weighted by Gasteiger charge is -1.99. The normalized spacial score (nSPS) is 9.00. The molecule has 2 nitrogen and oxygen atoms in total. The number of aryl methyl sites for hydroxylation is 1. The molecule has 0 fully saturated rings. The summed E-state index contributed by atoms with van der Waals surface area (Å²) in [6.45, 7) is 2.25. The van der Waals surface area contributed by atoms with Crippen LogP contribution in [0.1, 0.15) is 38.2 Å². The minimum Gasteiger partial charge on any atom is -0.429 e. The first-order valence-corrected chi connectivity index (χ1v) is 5.49. The second kappa shape index (κ2) is 11.3. The van der Waals surface area contributed by atoms with E-state index in [1.165, 1.54) is 37.7 Å². The molecular weight excluding hydrogens is 187 g/mol. The lowest BCUT2D eigenvalue weighted by Crippen LogP contribution is -1.84. The van der Waals surface area contributed by atoms with Crippen molar-refractivity contribution >= 4 is 7.69 Å². The Kier molecular flexibility index (Phi) is 10.7. The topological polar surface area (TPSA) is 40.5 Å². The molecule has 0 aromatic heterocycles. The number of hydrogen-bond acceptors (Lipinski definition) is 2. The van der Waals surface area contributed by atoms with E-state index < -0.39 is 0 Å². The van der Waals surface area contributed by atoms with Crippen molar-refractivity contribution in [3.8, 4) is 0 Å². The molecule has 0 unspecified atom stereocenters. The maximum absolute atomic E-state index is 7.00. The first-order valence-electron chi connectivity index (χ1n) is 5.49. The Hall–Kier alpha value is -0.795. The second-order valence-electron chi connectivity index (χ2n) is 3.41. The van der Waals surface area contributed by atoms with Crippen LogP contribution in [0.4, 0.5) is 0 Å². The third kappa shape index (κ3) is 9.51. The Labute approximate surface area is 93.3 Å². The van der Waals surface area contributed by atoms with E-state index in [2.05, 4.69) is 37.3 Å². The van der Waals surface area contributed by atoms with E-state index in [-0.39, 0.29) is 7.69 Å². The zero-order valence-electron chi connectivity index (χ0n) is 9.39. The number of rotatable bonds is 5. The van der Waals surface area contributed by atoms with Gasteiger partial charge in [0.2, 0.25) is 0 Å². The molecule has 1 rings (SSSR count). The van der Waals surface area contributed by atoms with Crippen molar-refractivity contribution in [1.82, 2.24) is 0 Å². The molecule has 1 aromatic rings. The fraction of sp³-hybridized carbons (Fsp3) is 0.500. The summed E-state index contributed by atoms with van der Waals surface area (Å²) in [7, 11) is 0. The van der Waals surface area contributed by atoms with Gasteiger partial charge in [-0.2, -0.15) is 0 Å². The zero-order chi connectivity index (χ0) is 11.4. The Balaban J connectivity index is 0.000000583. The van der Waals surface area contributed by atoms with Crippen molar-refractivity contribution in [3.63, 3.8) is 0 Å². The summed E-state index contributed by atoms with van der Waals surface area (Å²) in [6.07, 6.45) is 6.69. The van der Waals surface area contributed by atoms with Crippen LogP contribution >= 0.6 is 0 Å². The van der Waals surface area contributed by atoms with Gasteiger partial charge in [-0.1, -0.05) is 56.5 Å². The van der Waals surface area contributed by atoms with E-state index in [1.54, 1.807) is 0 Å². The molecule has 1 radical (unpaired) electrons. The quantitative estimate of drug-likeness (QED) is 0.574. The maximum Gasteiger partial charge on any atom is 0.482 e. The first-order chi connectivity index (χ1) is 7.35. The highest BCUT2D eigenvalue weighted by Gasteiger charge is 1.90. The molecule has 83 valence electrons. The van der Waals surface area contributed by atoms with Crippen LogP contribution in [0.25, 0.3) is 0 Å². The molecule has 0 heterocycles. The van der Waals surface area contributed by atoms with Crippen LogP contribution < -0.4 is 0 Å². The van der Waals surface area contributed by atoms with Gasteiger partial charge < -0.3 is 10.0 Å². The summed E-state index contributed by atoms with van der Waals surface area (Å²) in [5, 5.41) is 14.0. The van der Waals surface area contributed by atoms with Crippen LogP contribution in [0.2, 0.25) is 0 Å². The summed E-state index contributed by atoms with van der Waals surface area (Å²) in [4.78, 5) is 0. The van der Waals surface area contributed by atoms with Gasteiger partial charge in [0.05, 0.1) is 0 Å². The van der Waals surface area contributed by atoms with Crippen molar-refractivity contribution in [2.24, 2.45) is 0 Å². The van der Waals surface area contributed by atoms with E-state index in [9.17, 15) is 0 Å². The predicted molar refractivity (Wildman–Crippen MR) is 64.5 cm³/mol. The first kappa shape index (κ1) is 14.2. The van der Waals surface area contributed by atoms with Crippen LogP contribution in [0, 0.1) is 0 Å². The van der Waals surface area contributed by atoms with Crippen molar-refractivity contribution < 1.29 is 10.0 Å². The zero-order valence-corrected chi connectivity index (χ0v) is 9.39. The van der Waals surface area contributed by atoms with Crippen LogP contribution in [0.3, 0.4) is 0 Å². The average Bonchev–Trinajstić information content (AvgIpc) is 2.27. The number of unbranched alkanes of at least 4 members (excludes halogenated alkanes) is 3. The minimum absolute atomic E-state index is 0. The molecule has 1 aromatic carbocycles. The van der Waals surface area contributed by atoms with Gasteiger partial charge in [0.25, 0.3) is 0 Å². The molecule has 0 bridgehead atoms. The fourth-order valence-electron chi connectivity index (χ4n) is 1.40. The van der Waals surface area contributed by atoms with Crippen LogP contribution in [0.5, 0.6) is 0 Å². The van der Waals surface area contributed by atoms with E-state index in [1.807, 2.05) is 0 Å². The van der Waals surface area contributed by atoms with Gasteiger partial charge in [-0.25, -0.2) is 0 Å². The molecule has 0 amide bonds. The maximum atomic E-state index is 7.00. The van der Waals surface area contributed by atoms with Gasteiger partial charge in [0.1, 0.15) is 0 Å². The fourth-order valence-corrected chi connectivity index (χ4v) is 1.40. The summed E-state index contributed by atoms with van der Waals surface area (Å²) < 4.78 is 0. The van der Waals surface area contributed by atoms with Crippen molar-refractivity contribution in [3.05, 3.63) is 35.9 Å². The lowest BCUT2D eigenvalue weighted by atomic mass is 10.1. The molecule has 0 saturated heterocycles. The van der Waals surface area contributed by atoms with Crippen molar-refractivity contribution in [1.29, 1.82) is 0 Å². The summed E-state index contributed by atoms with van der Waals surface area (Å²) in [6, 6.07) is 10.7.